The molecule has 8 nitrogen and oxygen atoms in total. The Hall–Kier alpha value is -2.62. The van der Waals surface area contributed by atoms with Gasteiger partial charge in [0.25, 0.3) is 0 Å². The first-order valence-corrected chi connectivity index (χ1v) is 10.1. The summed E-state index contributed by atoms with van der Waals surface area (Å²) in [7, 11) is 1.65. The van der Waals surface area contributed by atoms with Crippen molar-refractivity contribution in [2.45, 2.75) is 13.1 Å². The molecule has 0 atom stereocenters. The maximum absolute atomic E-state index is 10.0. The Balaban J connectivity index is 0.000000469. The van der Waals surface area contributed by atoms with E-state index in [1.54, 1.807) is 19.2 Å². The minimum absolute atomic E-state index is 0.341. The summed E-state index contributed by atoms with van der Waals surface area (Å²) >= 11 is 3.48. The first-order chi connectivity index (χ1) is 14.3. The van der Waals surface area contributed by atoms with E-state index in [1.165, 1.54) is 5.56 Å². The van der Waals surface area contributed by atoms with Crippen LogP contribution in [0.15, 0.2) is 46.9 Å². The Morgan fingerprint density at radius 3 is 1.97 bits per heavy atom. The van der Waals surface area contributed by atoms with Gasteiger partial charge in [0.1, 0.15) is 11.5 Å². The van der Waals surface area contributed by atoms with Gasteiger partial charge in [0.15, 0.2) is 0 Å². The maximum Gasteiger partial charge on any atom is 0.414 e. The fourth-order valence-electron chi connectivity index (χ4n) is 3.01. The van der Waals surface area contributed by atoms with Gasteiger partial charge in [-0.2, -0.15) is 0 Å². The molecule has 2 aromatic carbocycles. The summed E-state index contributed by atoms with van der Waals surface area (Å²) in [5.41, 5.74) is 2.27. The molecule has 0 saturated carbocycles. The van der Waals surface area contributed by atoms with Crippen molar-refractivity contribution in [1.82, 2.24) is 9.80 Å². The number of nitrogens with zero attached hydrogens (tertiary/aromatic N) is 2. The third-order valence-corrected chi connectivity index (χ3v) is 5.18. The van der Waals surface area contributed by atoms with Crippen LogP contribution in [0, 0.1) is 0 Å². The average Bonchev–Trinajstić information content (AvgIpc) is 2.73. The van der Waals surface area contributed by atoms with Crippen LogP contribution in [0.2, 0.25) is 0 Å². The molecular formula is C21H25BrN2O6. The molecule has 0 aromatic heterocycles. The van der Waals surface area contributed by atoms with Gasteiger partial charge < -0.3 is 20.1 Å². The Bertz CT molecular complexity index is 839. The smallest absolute Gasteiger partial charge is 0.414 e. The second-order valence-electron chi connectivity index (χ2n) is 6.78. The molecule has 0 bridgehead atoms. The van der Waals surface area contributed by atoms with Crippen LogP contribution in [0.3, 0.4) is 0 Å². The second kappa shape index (κ2) is 11.5. The van der Waals surface area contributed by atoms with E-state index in [9.17, 15) is 5.11 Å². The highest BCUT2D eigenvalue weighted by atomic mass is 79.9. The third kappa shape index (κ3) is 7.66. The molecule has 1 heterocycles. The molecule has 0 spiro atoms. The number of piperazine rings is 1. The van der Waals surface area contributed by atoms with Crippen LogP contribution < -0.4 is 4.74 Å². The molecule has 30 heavy (non-hydrogen) atoms. The Labute approximate surface area is 183 Å². The van der Waals surface area contributed by atoms with Gasteiger partial charge in [-0.3, -0.25) is 9.80 Å². The van der Waals surface area contributed by atoms with Crippen LogP contribution in [0.25, 0.3) is 0 Å². The lowest BCUT2D eigenvalue weighted by atomic mass is 10.1. The molecule has 1 fully saturated rings. The third-order valence-electron chi connectivity index (χ3n) is 4.65. The number of aromatic hydroxyl groups is 1. The molecule has 9 heteroatoms. The Morgan fingerprint density at radius 2 is 1.47 bits per heavy atom. The number of carbonyl (C=O) groups is 2. The lowest BCUT2D eigenvalue weighted by Gasteiger charge is -2.34. The zero-order valence-electron chi connectivity index (χ0n) is 16.6. The van der Waals surface area contributed by atoms with Gasteiger partial charge in [0.2, 0.25) is 0 Å². The Morgan fingerprint density at radius 1 is 0.933 bits per heavy atom. The number of hydrogen-bond donors (Lipinski definition) is 3. The highest BCUT2D eigenvalue weighted by Crippen LogP contribution is 2.24. The number of benzene rings is 2. The number of ether oxygens (including phenoxy) is 1. The average molecular weight is 481 g/mol. The van der Waals surface area contributed by atoms with Crippen LogP contribution in [0.5, 0.6) is 11.5 Å². The second-order valence-corrected chi connectivity index (χ2v) is 7.70. The molecule has 3 N–H and O–H groups in total. The largest absolute Gasteiger partial charge is 0.508 e. The summed E-state index contributed by atoms with van der Waals surface area (Å²) < 4.78 is 6.37. The number of methoxy groups -OCH3 is 1. The minimum atomic E-state index is -1.82. The van der Waals surface area contributed by atoms with Gasteiger partial charge in [0.05, 0.1) is 7.11 Å². The van der Waals surface area contributed by atoms with Gasteiger partial charge >= 0.3 is 11.9 Å². The lowest BCUT2D eigenvalue weighted by Crippen LogP contribution is -2.45. The topological polar surface area (TPSA) is 111 Å². The highest BCUT2D eigenvalue weighted by Gasteiger charge is 2.18. The normalized spacial score (nSPS) is 14.5. The predicted molar refractivity (Wildman–Crippen MR) is 115 cm³/mol. The van der Waals surface area contributed by atoms with Crippen molar-refractivity contribution in [3.63, 3.8) is 0 Å². The number of aliphatic carboxylic acids is 2. The highest BCUT2D eigenvalue weighted by molar-refractivity contribution is 9.10. The van der Waals surface area contributed by atoms with Crippen LogP contribution in [-0.4, -0.2) is 70.3 Å². The van der Waals surface area contributed by atoms with Crippen molar-refractivity contribution in [2.75, 3.05) is 33.3 Å². The number of phenols is 1. The van der Waals surface area contributed by atoms with Crippen molar-refractivity contribution >= 4 is 27.9 Å². The van der Waals surface area contributed by atoms with Crippen molar-refractivity contribution in [3.8, 4) is 11.5 Å². The number of rotatable bonds is 5. The van der Waals surface area contributed by atoms with E-state index in [-0.39, 0.29) is 0 Å². The minimum Gasteiger partial charge on any atom is -0.508 e. The molecule has 0 aliphatic carbocycles. The summed E-state index contributed by atoms with van der Waals surface area (Å²) in [6.07, 6.45) is 0. The van der Waals surface area contributed by atoms with E-state index in [0.717, 1.165) is 55.1 Å². The van der Waals surface area contributed by atoms with Gasteiger partial charge in [-0.05, 0) is 35.9 Å². The summed E-state index contributed by atoms with van der Waals surface area (Å²) in [6, 6.07) is 13.9. The molecular weight excluding hydrogens is 456 g/mol. The molecule has 162 valence electrons. The SMILES string of the molecule is COc1ccc(O)c(CN2CCN(Cc3ccc(Br)cc3)CC2)c1.O=C(O)C(=O)O. The fraction of sp³-hybridized carbons (Fsp3) is 0.333. The van der Waals surface area contributed by atoms with Crippen molar-refractivity contribution in [3.05, 3.63) is 58.1 Å². The molecule has 0 amide bonds. The van der Waals surface area contributed by atoms with Crippen LogP contribution in [0.1, 0.15) is 11.1 Å². The molecule has 3 rings (SSSR count). The molecule has 2 aromatic rings. The van der Waals surface area contributed by atoms with Crippen LogP contribution in [0.4, 0.5) is 0 Å². The van der Waals surface area contributed by atoms with E-state index in [2.05, 4.69) is 50.0 Å². The first-order valence-electron chi connectivity index (χ1n) is 9.29. The molecule has 1 saturated heterocycles. The van der Waals surface area contributed by atoms with Gasteiger partial charge in [0, 0.05) is 49.3 Å². The predicted octanol–water partition coefficient (Wildman–Crippen LogP) is 2.64. The maximum atomic E-state index is 10.0. The molecule has 0 unspecified atom stereocenters. The van der Waals surface area contributed by atoms with Crippen LogP contribution in [-0.2, 0) is 22.7 Å². The number of phenolic OH excluding ortho intramolecular Hbond substituents is 1. The van der Waals surface area contributed by atoms with E-state index < -0.39 is 11.9 Å². The lowest BCUT2D eigenvalue weighted by molar-refractivity contribution is -0.159. The van der Waals surface area contributed by atoms with Gasteiger partial charge in [-0.15, -0.1) is 0 Å². The van der Waals surface area contributed by atoms with Gasteiger partial charge in [-0.25, -0.2) is 9.59 Å². The van der Waals surface area contributed by atoms with Crippen molar-refractivity contribution in [2.24, 2.45) is 0 Å². The number of carboxylic acid groups (broad SMARTS) is 2. The fourth-order valence-corrected chi connectivity index (χ4v) is 3.27. The molecule has 1 aliphatic rings. The summed E-state index contributed by atoms with van der Waals surface area (Å²) in [5.74, 6) is -2.52. The summed E-state index contributed by atoms with van der Waals surface area (Å²) in [5, 5.41) is 24.8. The molecule has 1 aliphatic heterocycles. The van der Waals surface area contributed by atoms with E-state index in [4.69, 9.17) is 24.5 Å². The van der Waals surface area contributed by atoms with Crippen molar-refractivity contribution < 1.29 is 29.6 Å². The number of carboxylic acids is 2. The zero-order chi connectivity index (χ0) is 22.1. The molecule has 0 radical (unpaired) electrons. The van der Waals surface area contributed by atoms with Crippen LogP contribution >= 0.6 is 15.9 Å². The van der Waals surface area contributed by atoms with E-state index >= 15 is 0 Å². The summed E-state index contributed by atoms with van der Waals surface area (Å²) in [4.78, 5) is 23.1. The monoisotopic (exact) mass is 480 g/mol. The number of hydrogen-bond acceptors (Lipinski definition) is 6. The number of halogens is 1. The summed E-state index contributed by atoms with van der Waals surface area (Å²) in [6.45, 7) is 5.85. The first kappa shape index (κ1) is 23.7. The van der Waals surface area contributed by atoms with Crippen molar-refractivity contribution in [1.29, 1.82) is 0 Å². The standard InChI is InChI=1S/C19H23BrN2O2.C2H2O4/c1-24-18-6-7-19(23)16(12-18)14-22-10-8-21(9-11-22)13-15-2-4-17(20)5-3-15;3-1(4)2(5)6/h2-7,12,23H,8-11,13-14H2,1H3;(H,3,4)(H,5,6). The zero-order valence-corrected chi connectivity index (χ0v) is 18.2. The quantitative estimate of drug-likeness (QED) is 0.560. The van der Waals surface area contributed by atoms with Gasteiger partial charge in [-0.1, -0.05) is 28.1 Å². The Kier molecular flexibility index (Phi) is 9.10. The van der Waals surface area contributed by atoms with E-state index in [1.807, 2.05) is 6.07 Å². The van der Waals surface area contributed by atoms with E-state index in [0.29, 0.717) is 5.75 Å².